The first-order chi connectivity index (χ1) is 8.60. The van der Waals surface area contributed by atoms with Crippen LogP contribution in [0.4, 0.5) is 4.39 Å². The Morgan fingerprint density at radius 1 is 1.56 bits per heavy atom. The molecule has 1 N–H and O–H groups in total. The number of carboxylic acid groups (broad SMARTS) is 1. The molecule has 0 heterocycles. The number of carboxylic acids is 1. The van der Waals surface area contributed by atoms with E-state index < -0.39 is 11.8 Å². The van der Waals surface area contributed by atoms with Crippen LogP contribution in [0.25, 0.3) is 0 Å². The van der Waals surface area contributed by atoms with Gasteiger partial charge in [0.05, 0.1) is 13.7 Å². The van der Waals surface area contributed by atoms with E-state index in [4.69, 9.17) is 9.84 Å². The van der Waals surface area contributed by atoms with E-state index in [1.807, 2.05) is 4.90 Å². The van der Waals surface area contributed by atoms with Crippen LogP contribution in [0.15, 0.2) is 18.2 Å². The smallest absolute Gasteiger partial charge is 0.317 e. The van der Waals surface area contributed by atoms with Crippen molar-refractivity contribution >= 4 is 5.97 Å². The topological polar surface area (TPSA) is 49.8 Å². The number of aliphatic carboxylic acids is 1. The Labute approximate surface area is 105 Å². The molecule has 0 bridgehead atoms. The third kappa shape index (κ3) is 3.20. The molecule has 4 nitrogen and oxygen atoms in total. The molecule has 1 aromatic carbocycles. The quantitative estimate of drug-likeness (QED) is 0.841. The Morgan fingerprint density at radius 3 is 2.78 bits per heavy atom. The predicted octanol–water partition coefficient (Wildman–Crippen LogP) is 1.88. The van der Waals surface area contributed by atoms with Gasteiger partial charge in [0.1, 0.15) is 0 Å². The van der Waals surface area contributed by atoms with Gasteiger partial charge >= 0.3 is 5.97 Å². The van der Waals surface area contributed by atoms with Gasteiger partial charge in [0.25, 0.3) is 0 Å². The predicted molar refractivity (Wildman–Crippen MR) is 64.0 cm³/mol. The van der Waals surface area contributed by atoms with Gasteiger partial charge in [0.2, 0.25) is 0 Å². The molecule has 0 saturated heterocycles. The average molecular weight is 253 g/mol. The van der Waals surface area contributed by atoms with E-state index in [2.05, 4.69) is 0 Å². The van der Waals surface area contributed by atoms with Crippen molar-refractivity contribution in [1.82, 2.24) is 4.90 Å². The highest BCUT2D eigenvalue weighted by Crippen LogP contribution is 2.28. The Hall–Kier alpha value is -1.62. The van der Waals surface area contributed by atoms with Crippen molar-refractivity contribution in [3.63, 3.8) is 0 Å². The van der Waals surface area contributed by atoms with E-state index in [1.54, 1.807) is 12.1 Å². The zero-order chi connectivity index (χ0) is 13.1. The number of methoxy groups -OCH3 is 1. The van der Waals surface area contributed by atoms with Crippen LogP contribution in [0.1, 0.15) is 18.4 Å². The minimum absolute atomic E-state index is 0.00167. The van der Waals surface area contributed by atoms with Gasteiger partial charge in [0, 0.05) is 12.6 Å². The molecule has 0 aromatic heterocycles. The van der Waals surface area contributed by atoms with Crippen LogP contribution in [0.2, 0.25) is 0 Å². The first-order valence-corrected chi connectivity index (χ1v) is 5.88. The van der Waals surface area contributed by atoms with Crippen molar-refractivity contribution < 1.29 is 19.0 Å². The second-order valence-corrected chi connectivity index (χ2v) is 4.50. The van der Waals surface area contributed by atoms with Gasteiger partial charge in [-0.3, -0.25) is 9.69 Å². The molecular formula is C13H16FNO3. The molecule has 1 fully saturated rings. The number of halogens is 1. The molecule has 1 aliphatic rings. The maximum atomic E-state index is 13.5. The van der Waals surface area contributed by atoms with Crippen LogP contribution in [0.3, 0.4) is 0 Å². The molecule has 5 heteroatoms. The van der Waals surface area contributed by atoms with Crippen molar-refractivity contribution in [2.45, 2.75) is 25.4 Å². The van der Waals surface area contributed by atoms with Gasteiger partial charge in [-0.05, 0) is 30.5 Å². The van der Waals surface area contributed by atoms with E-state index in [0.29, 0.717) is 12.6 Å². The number of rotatable bonds is 6. The second-order valence-electron chi connectivity index (χ2n) is 4.50. The molecule has 1 aliphatic carbocycles. The molecule has 1 aromatic rings. The van der Waals surface area contributed by atoms with E-state index in [9.17, 15) is 9.18 Å². The van der Waals surface area contributed by atoms with Crippen LogP contribution < -0.4 is 4.74 Å². The van der Waals surface area contributed by atoms with Crippen molar-refractivity contribution in [2.24, 2.45) is 0 Å². The lowest BCUT2D eigenvalue weighted by Gasteiger charge is -2.19. The summed E-state index contributed by atoms with van der Waals surface area (Å²) in [6.07, 6.45) is 2.04. The van der Waals surface area contributed by atoms with Gasteiger partial charge in [-0.2, -0.15) is 0 Å². The lowest BCUT2D eigenvalue weighted by molar-refractivity contribution is -0.138. The van der Waals surface area contributed by atoms with E-state index >= 15 is 0 Å². The normalized spacial score (nSPS) is 14.8. The fraction of sp³-hybridized carbons (Fsp3) is 0.462. The van der Waals surface area contributed by atoms with Gasteiger partial charge < -0.3 is 9.84 Å². The largest absolute Gasteiger partial charge is 0.494 e. The van der Waals surface area contributed by atoms with Crippen LogP contribution in [-0.2, 0) is 11.3 Å². The number of benzene rings is 1. The van der Waals surface area contributed by atoms with Crippen molar-refractivity contribution in [1.29, 1.82) is 0 Å². The molecule has 0 atom stereocenters. The molecule has 2 rings (SSSR count). The van der Waals surface area contributed by atoms with E-state index in [-0.39, 0.29) is 12.3 Å². The lowest BCUT2D eigenvalue weighted by Crippen LogP contribution is -2.31. The summed E-state index contributed by atoms with van der Waals surface area (Å²) in [6, 6.07) is 5.05. The number of nitrogens with zero attached hydrogens (tertiary/aromatic N) is 1. The second kappa shape index (κ2) is 5.35. The Balaban J connectivity index is 2.06. The summed E-state index contributed by atoms with van der Waals surface area (Å²) < 4.78 is 18.4. The fourth-order valence-corrected chi connectivity index (χ4v) is 1.97. The lowest BCUT2D eigenvalue weighted by atomic mass is 10.2. The highest BCUT2D eigenvalue weighted by Gasteiger charge is 2.30. The summed E-state index contributed by atoms with van der Waals surface area (Å²) >= 11 is 0. The summed E-state index contributed by atoms with van der Waals surface area (Å²) in [7, 11) is 1.42. The zero-order valence-corrected chi connectivity index (χ0v) is 10.2. The molecule has 0 spiro atoms. The Morgan fingerprint density at radius 2 is 2.28 bits per heavy atom. The highest BCUT2D eigenvalue weighted by molar-refractivity contribution is 5.69. The summed E-state index contributed by atoms with van der Waals surface area (Å²) in [5.74, 6) is -1.06. The SMILES string of the molecule is COc1ccc(CN(CC(=O)O)C2CC2)cc1F. The number of hydrogen-bond acceptors (Lipinski definition) is 3. The monoisotopic (exact) mass is 253 g/mol. The minimum Gasteiger partial charge on any atom is -0.494 e. The van der Waals surface area contributed by atoms with Crippen LogP contribution >= 0.6 is 0 Å². The van der Waals surface area contributed by atoms with Crippen molar-refractivity contribution in [3.05, 3.63) is 29.6 Å². The van der Waals surface area contributed by atoms with Crippen molar-refractivity contribution in [2.75, 3.05) is 13.7 Å². The molecule has 0 radical (unpaired) electrons. The molecule has 18 heavy (non-hydrogen) atoms. The van der Waals surface area contributed by atoms with E-state index in [0.717, 1.165) is 18.4 Å². The van der Waals surface area contributed by atoms with Gasteiger partial charge in [0.15, 0.2) is 11.6 Å². The minimum atomic E-state index is -0.851. The maximum Gasteiger partial charge on any atom is 0.317 e. The van der Waals surface area contributed by atoms with Crippen LogP contribution in [0, 0.1) is 5.82 Å². The van der Waals surface area contributed by atoms with Crippen LogP contribution in [-0.4, -0.2) is 35.7 Å². The average Bonchev–Trinajstić information content (AvgIpc) is 3.11. The Kier molecular flexibility index (Phi) is 3.81. The summed E-state index contributed by atoms with van der Waals surface area (Å²) in [4.78, 5) is 12.6. The number of hydrogen-bond donors (Lipinski definition) is 1. The molecule has 1 saturated carbocycles. The summed E-state index contributed by atoms with van der Waals surface area (Å²) in [6.45, 7) is 0.455. The summed E-state index contributed by atoms with van der Waals surface area (Å²) in [5.41, 5.74) is 0.765. The first kappa shape index (κ1) is 12.8. The van der Waals surface area contributed by atoms with Crippen LogP contribution in [0.5, 0.6) is 5.75 Å². The first-order valence-electron chi connectivity index (χ1n) is 5.88. The van der Waals surface area contributed by atoms with Crippen molar-refractivity contribution in [3.8, 4) is 5.75 Å². The number of carbonyl (C=O) groups is 1. The van der Waals surface area contributed by atoms with Gasteiger partial charge in [-0.15, -0.1) is 0 Å². The molecule has 0 unspecified atom stereocenters. The zero-order valence-electron chi connectivity index (χ0n) is 10.2. The van der Waals surface area contributed by atoms with Gasteiger partial charge in [-0.25, -0.2) is 4.39 Å². The molecule has 98 valence electrons. The number of ether oxygens (including phenoxy) is 1. The summed E-state index contributed by atoms with van der Waals surface area (Å²) in [5, 5.41) is 8.84. The third-order valence-corrected chi connectivity index (χ3v) is 3.00. The standard InChI is InChI=1S/C13H16FNO3/c1-18-12-5-2-9(6-11(12)14)7-15(8-13(16)17)10-3-4-10/h2,5-6,10H,3-4,7-8H2,1H3,(H,16,17). The molecular weight excluding hydrogens is 237 g/mol. The highest BCUT2D eigenvalue weighted by atomic mass is 19.1. The fourth-order valence-electron chi connectivity index (χ4n) is 1.97. The Bertz CT molecular complexity index is 446. The van der Waals surface area contributed by atoms with Gasteiger partial charge in [-0.1, -0.05) is 6.07 Å². The molecule has 0 amide bonds. The molecule has 0 aliphatic heterocycles. The maximum absolute atomic E-state index is 13.5. The third-order valence-electron chi connectivity index (χ3n) is 3.00. The van der Waals surface area contributed by atoms with E-state index in [1.165, 1.54) is 13.2 Å².